The van der Waals surface area contributed by atoms with Crippen LogP contribution in [-0.4, -0.2) is 29.4 Å². The Morgan fingerprint density at radius 2 is 2.05 bits per heavy atom. The Kier molecular flexibility index (Phi) is 6.30. The molecule has 1 fully saturated rings. The molecule has 2 heterocycles. The van der Waals surface area contributed by atoms with Gasteiger partial charge in [-0.3, -0.25) is 4.79 Å². The minimum Gasteiger partial charge on any atom is -0.333 e. The SMILES string of the molecule is CC(N)C1CCCCN1C(=O)c1cc2c(s1)CCCCC2.Cl. The quantitative estimate of drug-likeness (QED) is 0.831. The molecule has 22 heavy (non-hydrogen) atoms. The number of nitrogens with two attached hydrogens (primary N) is 1. The number of fused-ring (bicyclic) bond motifs is 1. The van der Waals surface area contributed by atoms with Crippen molar-refractivity contribution in [3.63, 3.8) is 0 Å². The summed E-state index contributed by atoms with van der Waals surface area (Å²) in [5, 5.41) is 0. The smallest absolute Gasteiger partial charge is 0.264 e. The lowest BCUT2D eigenvalue weighted by Crippen LogP contribution is -2.51. The lowest BCUT2D eigenvalue weighted by Gasteiger charge is -2.37. The maximum absolute atomic E-state index is 12.9. The number of piperidine rings is 1. The van der Waals surface area contributed by atoms with Gasteiger partial charge in [-0.05, 0) is 63.5 Å². The van der Waals surface area contributed by atoms with Crippen molar-refractivity contribution in [3.05, 3.63) is 21.4 Å². The number of thiophene rings is 1. The van der Waals surface area contributed by atoms with Crippen molar-refractivity contribution in [2.45, 2.75) is 70.4 Å². The van der Waals surface area contributed by atoms with E-state index < -0.39 is 0 Å². The maximum atomic E-state index is 12.9. The predicted octanol–water partition coefficient (Wildman–Crippen LogP) is 3.78. The van der Waals surface area contributed by atoms with Crippen LogP contribution in [0.1, 0.15) is 65.6 Å². The van der Waals surface area contributed by atoms with E-state index in [4.69, 9.17) is 5.73 Å². The lowest BCUT2D eigenvalue weighted by atomic mass is 9.96. The third kappa shape index (κ3) is 3.66. The van der Waals surface area contributed by atoms with Gasteiger partial charge in [-0.25, -0.2) is 0 Å². The van der Waals surface area contributed by atoms with Gasteiger partial charge in [0.25, 0.3) is 5.91 Å². The molecule has 1 saturated heterocycles. The summed E-state index contributed by atoms with van der Waals surface area (Å²) in [5.74, 6) is 0.218. The first-order chi connectivity index (χ1) is 10.2. The number of amides is 1. The van der Waals surface area contributed by atoms with Gasteiger partial charge in [-0.2, -0.15) is 0 Å². The van der Waals surface area contributed by atoms with E-state index in [2.05, 4.69) is 6.07 Å². The second kappa shape index (κ2) is 7.80. The van der Waals surface area contributed by atoms with E-state index in [1.54, 1.807) is 11.3 Å². The molecule has 3 rings (SSSR count). The molecule has 2 atom stereocenters. The molecule has 3 nitrogen and oxygen atoms in total. The molecule has 0 bridgehead atoms. The van der Waals surface area contributed by atoms with Gasteiger partial charge in [0.2, 0.25) is 0 Å². The van der Waals surface area contributed by atoms with E-state index in [1.165, 1.54) is 36.1 Å². The third-order valence-corrected chi connectivity index (χ3v) is 6.10. The molecule has 1 aromatic rings. The van der Waals surface area contributed by atoms with Crippen LogP contribution in [0.4, 0.5) is 0 Å². The molecule has 124 valence electrons. The van der Waals surface area contributed by atoms with Crippen molar-refractivity contribution in [1.29, 1.82) is 0 Å². The van der Waals surface area contributed by atoms with Gasteiger partial charge in [-0.1, -0.05) is 6.42 Å². The van der Waals surface area contributed by atoms with E-state index >= 15 is 0 Å². The van der Waals surface area contributed by atoms with Crippen LogP contribution in [0.5, 0.6) is 0 Å². The fourth-order valence-corrected chi connectivity index (χ4v) is 4.88. The third-order valence-electron chi connectivity index (χ3n) is 4.87. The molecule has 2 unspecified atom stereocenters. The largest absolute Gasteiger partial charge is 0.333 e. The monoisotopic (exact) mass is 342 g/mol. The topological polar surface area (TPSA) is 46.3 Å². The van der Waals surface area contributed by atoms with Gasteiger partial charge in [0.15, 0.2) is 0 Å². The molecule has 2 aliphatic rings. The first-order valence-electron chi connectivity index (χ1n) is 8.35. The average Bonchev–Trinajstić information content (AvgIpc) is 2.77. The van der Waals surface area contributed by atoms with E-state index in [1.807, 2.05) is 11.8 Å². The Labute approximate surface area is 143 Å². The normalized spacial score (nSPS) is 23.2. The second-order valence-corrected chi connectivity index (χ2v) is 7.68. The minimum atomic E-state index is 0. The molecule has 1 aromatic heterocycles. The Balaban J connectivity index is 0.00000176. The second-order valence-electron chi connectivity index (χ2n) is 6.54. The van der Waals surface area contributed by atoms with Gasteiger partial charge in [0.1, 0.15) is 0 Å². The van der Waals surface area contributed by atoms with Crippen LogP contribution in [0.3, 0.4) is 0 Å². The van der Waals surface area contributed by atoms with Crippen LogP contribution in [0.15, 0.2) is 6.07 Å². The molecule has 0 radical (unpaired) electrons. The van der Waals surface area contributed by atoms with Gasteiger partial charge in [0, 0.05) is 23.5 Å². The van der Waals surface area contributed by atoms with Gasteiger partial charge < -0.3 is 10.6 Å². The molecule has 0 aromatic carbocycles. The number of rotatable bonds is 2. The summed E-state index contributed by atoms with van der Waals surface area (Å²) in [6, 6.07) is 2.45. The summed E-state index contributed by atoms with van der Waals surface area (Å²) in [5.41, 5.74) is 7.53. The maximum Gasteiger partial charge on any atom is 0.264 e. The first-order valence-corrected chi connectivity index (χ1v) is 9.16. The number of carbonyl (C=O) groups is 1. The van der Waals surface area contributed by atoms with Crippen LogP contribution in [0.25, 0.3) is 0 Å². The number of hydrogen-bond donors (Lipinski definition) is 1. The zero-order valence-corrected chi connectivity index (χ0v) is 15.0. The fraction of sp³-hybridized carbons (Fsp3) is 0.706. The van der Waals surface area contributed by atoms with Crippen molar-refractivity contribution in [1.82, 2.24) is 4.90 Å². The highest BCUT2D eigenvalue weighted by atomic mass is 35.5. The van der Waals surface area contributed by atoms with E-state index in [-0.39, 0.29) is 30.4 Å². The first kappa shape index (κ1) is 17.8. The summed E-state index contributed by atoms with van der Waals surface area (Å²) in [6.45, 7) is 2.90. The van der Waals surface area contributed by atoms with Gasteiger partial charge in [-0.15, -0.1) is 23.7 Å². The average molecular weight is 343 g/mol. The van der Waals surface area contributed by atoms with E-state index in [9.17, 15) is 4.79 Å². The summed E-state index contributed by atoms with van der Waals surface area (Å²) < 4.78 is 0. The molecule has 2 N–H and O–H groups in total. The molecular formula is C17H27ClN2OS. The molecule has 5 heteroatoms. The zero-order valence-electron chi connectivity index (χ0n) is 13.3. The van der Waals surface area contributed by atoms with Crippen LogP contribution >= 0.6 is 23.7 Å². The number of likely N-dealkylation sites (tertiary alicyclic amines) is 1. The Bertz CT molecular complexity index is 491. The van der Waals surface area contributed by atoms with Crippen molar-refractivity contribution >= 4 is 29.7 Å². The highest BCUT2D eigenvalue weighted by molar-refractivity contribution is 7.14. The van der Waals surface area contributed by atoms with Crippen LogP contribution in [-0.2, 0) is 12.8 Å². The number of hydrogen-bond acceptors (Lipinski definition) is 3. The van der Waals surface area contributed by atoms with Crippen molar-refractivity contribution in [2.75, 3.05) is 6.54 Å². The number of halogens is 1. The number of carbonyl (C=O) groups excluding carboxylic acids is 1. The Morgan fingerprint density at radius 3 is 2.82 bits per heavy atom. The van der Waals surface area contributed by atoms with Crippen LogP contribution in [0, 0.1) is 0 Å². The highest BCUT2D eigenvalue weighted by Crippen LogP contribution is 2.31. The Morgan fingerprint density at radius 1 is 1.27 bits per heavy atom. The van der Waals surface area contributed by atoms with E-state index in [0.717, 1.165) is 37.1 Å². The summed E-state index contributed by atoms with van der Waals surface area (Å²) >= 11 is 1.73. The minimum absolute atomic E-state index is 0. The van der Waals surface area contributed by atoms with E-state index in [0.29, 0.717) is 0 Å². The molecule has 1 aliphatic heterocycles. The fourth-order valence-electron chi connectivity index (χ4n) is 3.67. The lowest BCUT2D eigenvalue weighted by molar-refractivity contribution is 0.0589. The van der Waals surface area contributed by atoms with Gasteiger partial charge in [0.05, 0.1) is 4.88 Å². The Hall–Kier alpha value is -0.580. The summed E-state index contributed by atoms with van der Waals surface area (Å²) in [4.78, 5) is 17.3. The van der Waals surface area contributed by atoms with Crippen molar-refractivity contribution in [3.8, 4) is 0 Å². The standard InChI is InChI=1S/C17H26N2OS.ClH/c1-12(18)14-8-5-6-10-19(14)17(20)16-11-13-7-3-2-4-9-15(13)21-16;/h11-12,14H,2-10,18H2,1H3;1H. The van der Waals surface area contributed by atoms with Gasteiger partial charge >= 0.3 is 0 Å². The highest BCUT2D eigenvalue weighted by Gasteiger charge is 2.31. The number of nitrogens with zero attached hydrogens (tertiary/aromatic N) is 1. The molecule has 1 amide bonds. The zero-order chi connectivity index (χ0) is 14.8. The summed E-state index contributed by atoms with van der Waals surface area (Å²) in [7, 11) is 0. The molecule has 0 spiro atoms. The van der Waals surface area contributed by atoms with Crippen LogP contribution < -0.4 is 5.73 Å². The molecule has 0 saturated carbocycles. The van der Waals surface area contributed by atoms with Crippen LogP contribution in [0.2, 0.25) is 0 Å². The van der Waals surface area contributed by atoms with Crippen molar-refractivity contribution < 1.29 is 4.79 Å². The molecular weight excluding hydrogens is 316 g/mol. The molecule has 1 aliphatic carbocycles. The predicted molar refractivity (Wildman–Crippen MR) is 95.2 cm³/mol. The summed E-state index contributed by atoms with van der Waals surface area (Å²) in [6.07, 6.45) is 9.52. The number of aryl methyl sites for hydroxylation is 2. The van der Waals surface area contributed by atoms with Crippen molar-refractivity contribution in [2.24, 2.45) is 5.73 Å².